The third kappa shape index (κ3) is 5.24. The van der Waals surface area contributed by atoms with Crippen LogP contribution in [-0.4, -0.2) is 31.3 Å². The molecule has 0 saturated carbocycles. The van der Waals surface area contributed by atoms with Crippen LogP contribution in [0.1, 0.15) is 18.5 Å². The predicted octanol–water partition coefficient (Wildman–Crippen LogP) is 1.03. The lowest BCUT2D eigenvalue weighted by molar-refractivity contribution is -0.139. The van der Waals surface area contributed by atoms with Crippen molar-refractivity contribution in [2.75, 3.05) is 13.6 Å². The van der Waals surface area contributed by atoms with Crippen LogP contribution in [0.15, 0.2) is 18.2 Å². The molecule has 0 heterocycles. The molecule has 0 aliphatic rings. The summed E-state index contributed by atoms with van der Waals surface area (Å²) in [5, 5.41) is 7.84. The summed E-state index contributed by atoms with van der Waals surface area (Å²) < 4.78 is 0. The van der Waals surface area contributed by atoms with E-state index in [9.17, 15) is 14.4 Å². The van der Waals surface area contributed by atoms with Crippen LogP contribution in [0, 0.1) is 0 Å². The first-order chi connectivity index (χ1) is 9.85. The number of rotatable bonds is 4. The minimum Gasteiger partial charge on any atom is -0.351 e. The van der Waals surface area contributed by atoms with E-state index in [0.29, 0.717) is 10.0 Å². The maximum atomic E-state index is 11.7. The highest BCUT2D eigenvalue weighted by atomic mass is 35.5. The molecule has 0 bridgehead atoms. The van der Waals surface area contributed by atoms with Crippen molar-refractivity contribution >= 4 is 40.9 Å². The van der Waals surface area contributed by atoms with Crippen molar-refractivity contribution in [3.05, 3.63) is 33.8 Å². The lowest BCUT2D eigenvalue weighted by Crippen LogP contribution is -2.43. The van der Waals surface area contributed by atoms with Crippen LogP contribution in [0.4, 0.5) is 0 Å². The van der Waals surface area contributed by atoms with E-state index >= 15 is 0 Å². The summed E-state index contributed by atoms with van der Waals surface area (Å²) >= 11 is 11.7. The monoisotopic (exact) mass is 331 g/mol. The van der Waals surface area contributed by atoms with Gasteiger partial charge in [-0.1, -0.05) is 29.3 Å². The van der Waals surface area contributed by atoms with Gasteiger partial charge in [-0.2, -0.15) is 0 Å². The zero-order chi connectivity index (χ0) is 16.0. The van der Waals surface area contributed by atoms with Gasteiger partial charge in [-0.25, -0.2) is 0 Å². The summed E-state index contributed by atoms with van der Waals surface area (Å²) in [5.41, 5.74) is 0.773. The first-order valence-electron chi connectivity index (χ1n) is 6.09. The summed E-state index contributed by atoms with van der Waals surface area (Å²) in [4.78, 5) is 33.8. The van der Waals surface area contributed by atoms with Gasteiger partial charge in [0.05, 0.1) is 22.6 Å². The summed E-state index contributed by atoms with van der Waals surface area (Å²) in [5.74, 6) is -2.10. The molecule has 1 aromatic carbocycles. The summed E-state index contributed by atoms with van der Waals surface area (Å²) in [7, 11) is 1.33. The highest BCUT2D eigenvalue weighted by Crippen LogP contribution is 2.25. The molecule has 3 N–H and O–H groups in total. The quantitative estimate of drug-likeness (QED) is 0.720. The summed E-state index contributed by atoms with van der Waals surface area (Å²) in [6.07, 6.45) is 0. The van der Waals surface area contributed by atoms with Gasteiger partial charge in [-0.05, 0) is 24.6 Å². The van der Waals surface area contributed by atoms with E-state index in [1.54, 1.807) is 25.1 Å². The Morgan fingerprint density at radius 3 is 2.38 bits per heavy atom. The van der Waals surface area contributed by atoms with E-state index in [4.69, 9.17) is 23.2 Å². The molecule has 6 nitrogen and oxygen atoms in total. The molecule has 0 aromatic heterocycles. The molecule has 0 aliphatic heterocycles. The van der Waals surface area contributed by atoms with Crippen LogP contribution in [0.3, 0.4) is 0 Å². The molecule has 0 saturated heterocycles. The van der Waals surface area contributed by atoms with Gasteiger partial charge in [0.15, 0.2) is 0 Å². The molecular weight excluding hydrogens is 317 g/mol. The SMILES string of the molecule is CNC(=O)C(=O)NCC(=O)NC(C)c1ccc(Cl)c(Cl)c1. The van der Waals surface area contributed by atoms with Gasteiger partial charge >= 0.3 is 11.8 Å². The van der Waals surface area contributed by atoms with E-state index in [2.05, 4.69) is 16.0 Å². The summed E-state index contributed by atoms with van der Waals surface area (Å²) in [6.45, 7) is 1.47. The topological polar surface area (TPSA) is 87.3 Å². The van der Waals surface area contributed by atoms with Crippen LogP contribution in [0.5, 0.6) is 0 Å². The number of hydrogen-bond donors (Lipinski definition) is 3. The minimum absolute atomic E-state index is 0.294. The Balaban J connectivity index is 2.52. The fraction of sp³-hybridized carbons (Fsp3) is 0.308. The number of halogens is 2. The number of hydrogen-bond acceptors (Lipinski definition) is 3. The van der Waals surface area contributed by atoms with Gasteiger partial charge in [-0.3, -0.25) is 14.4 Å². The summed E-state index contributed by atoms with van der Waals surface area (Å²) in [6, 6.07) is 4.71. The largest absolute Gasteiger partial charge is 0.351 e. The van der Waals surface area contributed by atoms with Crippen LogP contribution in [0.25, 0.3) is 0 Å². The first kappa shape index (κ1) is 17.3. The van der Waals surface area contributed by atoms with Gasteiger partial charge in [0, 0.05) is 7.05 Å². The zero-order valence-corrected chi connectivity index (χ0v) is 13.0. The van der Waals surface area contributed by atoms with E-state index in [-0.39, 0.29) is 12.6 Å². The first-order valence-corrected chi connectivity index (χ1v) is 6.85. The fourth-order valence-corrected chi connectivity index (χ4v) is 1.82. The molecule has 0 spiro atoms. The third-order valence-electron chi connectivity index (χ3n) is 2.66. The average Bonchev–Trinajstić information content (AvgIpc) is 2.46. The number of benzene rings is 1. The minimum atomic E-state index is -0.866. The maximum absolute atomic E-state index is 11.7. The number of nitrogens with one attached hydrogen (secondary N) is 3. The number of carbonyl (C=O) groups is 3. The zero-order valence-electron chi connectivity index (χ0n) is 11.5. The van der Waals surface area contributed by atoms with Crippen molar-refractivity contribution in [2.24, 2.45) is 0 Å². The second kappa shape index (κ2) is 7.85. The van der Waals surface area contributed by atoms with E-state index in [1.807, 2.05) is 0 Å². The number of amides is 3. The molecule has 0 aliphatic carbocycles. The molecule has 0 fully saturated rings. The molecule has 8 heteroatoms. The Morgan fingerprint density at radius 1 is 1.14 bits per heavy atom. The fourth-order valence-electron chi connectivity index (χ4n) is 1.51. The second-order valence-electron chi connectivity index (χ2n) is 4.22. The van der Waals surface area contributed by atoms with Gasteiger partial charge in [0.25, 0.3) is 0 Å². The lowest BCUT2D eigenvalue weighted by atomic mass is 10.1. The van der Waals surface area contributed by atoms with Crippen LogP contribution in [0.2, 0.25) is 10.0 Å². The second-order valence-corrected chi connectivity index (χ2v) is 5.04. The van der Waals surface area contributed by atoms with Gasteiger partial charge in [0.2, 0.25) is 5.91 Å². The number of carbonyl (C=O) groups excluding carboxylic acids is 3. The van der Waals surface area contributed by atoms with Crippen molar-refractivity contribution in [1.29, 1.82) is 0 Å². The van der Waals surface area contributed by atoms with Crippen molar-refractivity contribution in [3.8, 4) is 0 Å². The van der Waals surface area contributed by atoms with Gasteiger partial charge in [-0.15, -0.1) is 0 Å². The molecule has 1 atom stereocenters. The predicted molar refractivity (Wildman–Crippen MR) is 80.1 cm³/mol. The Kier molecular flexibility index (Phi) is 6.45. The Morgan fingerprint density at radius 2 is 1.81 bits per heavy atom. The number of likely N-dealkylation sites (N-methyl/N-ethyl adjacent to an activating group) is 1. The van der Waals surface area contributed by atoms with Crippen molar-refractivity contribution in [3.63, 3.8) is 0 Å². The Bertz CT molecular complexity index is 564. The molecule has 1 rings (SSSR count). The van der Waals surface area contributed by atoms with E-state index in [0.717, 1.165) is 5.56 Å². The van der Waals surface area contributed by atoms with Crippen LogP contribution >= 0.6 is 23.2 Å². The molecule has 21 heavy (non-hydrogen) atoms. The Hall–Kier alpha value is -1.79. The lowest BCUT2D eigenvalue weighted by Gasteiger charge is -2.15. The highest BCUT2D eigenvalue weighted by molar-refractivity contribution is 6.42. The van der Waals surface area contributed by atoms with E-state index in [1.165, 1.54) is 7.05 Å². The normalized spacial score (nSPS) is 11.4. The standard InChI is InChI=1S/C13H15Cl2N3O3/c1-7(8-3-4-9(14)10(15)5-8)18-11(19)6-17-13(21)12(20)16-2/h3-5,7H,6H2,1-2H3,(H,16,20)(H,17,21)(H,18,19). The van der Waals surface area contributed by atoms with Crippen LogP contribution < -0.4 is 16.0 Å². The van der Waals surface area contributed by atoms with Gasteiger partial charge in [0.1, 0.15) is 0 Å². The van der Waals surface area contributed by atoms with Gasteiger partial charge < -0.3 is 16.0 Å². The van der Waals surface area contributed by atoms with Crippen molar-refractivity contribution in [2.45, 2.75) is 13.0 Å². The molecule has 0 radical (unpaired) electrons. The average molecular weight is 332 g/mol. The van der Waals surface area contributed by atoms with Crippen molar-refractivity contribution < 1.29 is 14.4 Å². The highest BCUT2D eigenvalue weighted by Gasteiger charge is 2.14. The molecule has 114 valence electrons. The van der Waals surface area contributed by atoms with Crippen LogP contribution in [-0.2, 0) is 14.4 Å². The molecule has 1 unspecified atom stereocenters. The molecule has 3 amide bonds. The van der Waals surface area contributed by atoms with E-state index < -0.39 is 17.7 Å². The maximum Gasteiger partial charge on any atom is 0.309 e. The van der Waals surface area contributed by atoms with Crippen molar-refractivity contribution in [1.82, 2.24) is 16.0 Å². The smallest absolute Gasteiger partial charge is 0.309 e. The molecular formula is C13H15Cl2N3O3. The molecule has 1 aromatic rings. The Labute approximate surface area is 132 Å². The third-order valence-corrected chi connectivity index (χ3v) is 3.40.